The van der Waals surface area contributed by atoms with Crippen molar-refractivity contribution in [3.05, 3.63) is 35.6 Å². The monoisotopic (exact) mass is 227 g/mol. The lowest BCUT2D eigenvalue weighted by Crippen LogP contribution is -2.37. The van der Waals surface area contributed by atoms with E-state index in [1.807, 2.05) is 6.07 Å². The SMILES string of the molecule is CC(CO)(CO)CNCc1cccc(F)c1. The number of benzene rings is 1. The van der Waals surface area contributed by atoms with Crippen LogP contribution in [-0.2, 0) is 6.54 Å². The molecule has 0 aromatic heterocycles. The van der Waals surface area contributed by atoms with Crippen molar-refractivity contribution in [1.82, 2.24) is 5.32 Å². The molecule has 3 N–H and O–H groups in total. The van der Waals surface area contributed by atoms with Crippen LogP contribution in [0.5, 0.6) is 0 Å². The van der Waals surface area contributed by atoms with Crippen LogP contribution in [0.2, 0.25) is 0 Å². The summed E-state index contributed by atoms with van der Waals surface area (Å²) in [4.78, 5) is 0. The van der Waals surface area contributed by atoms with Crippen molar-refractivity contribution in [2.24, 2.45) is 5.41 Å². The Morgan fingerprint density at radius 2 is 2.00 bits per heavy atom. The van der Waals surface area contributed by atoms with E-state index in [4.69, 9.17) is 10.2 Å². The van der Waals surface area contributed by atoms with Gasteiger partial charge in [-0.2, -0.15) is 0 Å². The van der Waals surface area contributed by atoms with E-state index in [2.05, 4.69) is 5.32 Å². The highest BCUT2D eigenvalue weighted by Gasteiger charge is 2.21. The maximum atomic E-state index is 12.9. The Hall–Kier alpha value is -0.970. The molecule has 0 fully saturated rings. The van der Waals surface area contributed by atoms with Gasteiger partial charge in [-0.05, 0) is 17.7 Å². The first-order chi connectivity index (χ1) is 7.59. The van der Waals surface area contributed by atoms with Crippen molar-refractivity contribution in [2.45, 2.75) is 13.5 Å². The molecule has 0 bridgehead atoms. The summed E-state index contributed by atoms with van der Waals surface area (Å²) in [6, 6.07) is 6.34. The maximum absolute atomic E-state index is 12.9. The molecule has 1 rings (SSSR count). The van der Waals surface area contributed by atoms with Gasteiger partial charge in [-0.25, -0.2) is 4.39 Å². The molecule has 0 atom stereocenters. The normalized spacial score (nSPS) is 11.8. The number of hydrogen-bond acceptors (Lipinski definition) is 3. The van der Waals surface area contributed by atoms with E-state index in [1.165, 1.54) is 12.1 Å². The molecule has 0 heterocycles. The van der Waals surface area contributed by atoms with Crippen LogP contribution in [-0.4, -0.2) is 30.0 Å². The fraction of sp³-hybridized carbons (Fsp3) is 0.500. The molecule has 0 radical (unpaired) electrons. The summed E-state index contributed by atoms with van der Waals surface area (Å²) in [6.45, 7) is 2.62. The van der Waals surface area contributed by atoms with E-state index in [9.17, 15) is 4.39 Å². The van der Waals surface area contributed by atoms with Crippen LogP contribution < -0.4 is 5.32 Å². The van der Waals surface area contributed by atoms with Crippen LogP contribution >= 0.6 is 0 Å². The van der Waals surface area contributed by atoms with E-state index >= 15 is 0 Å². The second kappa shape index (κ2) is 5.94. The fourth-order valence-electron chi connectivity index (χ4n) is 1.32. The lowest BCUT2D eigenvalue weighted by molar-refractivity contribution is 0.0695. The molecule has 0 amide bonds. The van der Waals surface area contributed by atoms with Gasteiger partial charge in [0.05, 0.1) is 13.2 Å². The number of rotatable bonds is 6. The summed E-state index contributed by atoms with van der Waals surface area (Å²) in [5.41, 5.74) is 0.311. The van der Waals surface area contributed by atoms with Gasteiger partial charge in [0.2, 0.25) is 0 Å². The van der Waals surface area contributed by atoms with Crippen molar-refractivity contribution in [2.75, 3.05) is 19.8 Å². The topological polar surface area (TPSA) is 52.5 Å². The van der Waals surface area contributed by atoms with Gasteiger partial charge in [0, 0.05) is 18.5 Å². The van der Waals surface area contributed by atoms with Crippen LogP contribution in [0, 0.1) is 11.2 Å². The van der Waals surface area contributed by atoms with Gasteiger partial charge in [0.1, 0.15) is 5.82 Å². The molecule has 16 heavy (non-hydrogen) atoms. The first kappa shape index (κ1) is 13.1. The van der Waals surface area contributed by atoms with Crippen molar-refractivity contribution in [3.63, 3.8) is 0 Å². The van der Waals surface area contributed by atoms with Crippen molar-refractivity contribution in [3.8, 4) is 0 Å². The lowest BCUT2D eigenvalue weighted by atomic mass is 9.93. The number of hydrogen-bond donors (Lipinski definition) is 3. The van der Waals surface area contributed by atoms with Gasteiger partial charge < -0.3 is 15.5 Å². The Kier molecular flexibility index (Phi) is 4.86. The molecular weight excluding hydrogens is 209 g/mol. The smallest absolute Gasteiger partial charge is 0.123 e. The third-order valence-corrected chi connectivity index (χ3v) is 2.53. The summed E-state index contributed by atoms with van der Waals surface area (Å²) in [5, 5.41) is 21.2. The van der Waals surface area contributed by atoms with Gasteiger partial charge in [-0.15, -0.1) is 0 Å². The minimum Gasteiger partial charge on any atom is -0.396 e. The Labute approximate surface area is 94.9 Å². The highest BCUT2D eigenvalue weighted by Crippen LogP contribution is 2.12. The highest BCUT2D eigenvalue weighted by molar-refractivity contribution is 5.15. The Balaban J connectivity index is 2.41. The average Bonchev–Trinajstić information content (AvgIpc) is 2.29. The van der Waals surface area contributed by atoms with E-state index in [0.717, 1.165) is 5.56 Å². The van der Waals surface area contributed by atoms with Gasteiger partial charge in [-0.1, -0.05) is 19.1 Å². The average molecular weight is 227 g/mol. The second-order valence-corrected chi connectivity index (χ2v) is 4.36. The molecule has 0 unspecified atom stereocenters. The molecule has 90 valence electrons. The lowest BCUT2D eigenvalue weighted by Gasteiger charge is -2.24. The van der Waals surface area contributed by atoms with Crippen molar-refractivity contribution in [1.29, 1.82) is 0 Å². The van der Waals surface area contributed by atoms with E-state index in [0.29, 0.717) is 13.1 Å². The van der Waals surface area contributed by atoms with Crippen molar-refractivity contribution < 1.29 is 14.6 Å². The number of aliphatic hydroxyl groups is 2. The van der Waals surface area contributed by atoms with Gasteiger partial charge in [0.15, 0.2) is 0 Å². The zero-order chi connectivity index (χ0) is 12.0. The summed E-state index contributed by atoms with van der Waals surface area (Å²) >= 11 is 0. The predicted molar refractivity (Wildman–Crippen MR) is 60.4 cm³/mol. The van der Waals surface area contributed by atoms with Crippen LogP contribution in [0.25, 0.3) is 0 Å². The summed E-state index contributed by atoms with van der Waals surface area (Å²) in [6.07, 6.45) is 0. The first-order valence-electron chi connectivity index (χ1n) is 5.26. The van der Waals surface area contributed by atoms with Crippen LogP contribution in [0.4, 0.5) is 4.39 Å². The Morgan fingerprint density at radius 1 is 1.31 bits per heavy atom. The van der Waals surface area contributed by atoms with Crippen LogP contribution in [0.3, 0.4) is 0 Å². The standard InChI is InChI=1S/C12H18FNO2/c1-12(8-15,9-16)7-14-6-10-3-2-4-11(13)5-10/h2-5,14-16H,6-9H2,1H3. The quantitative estimate of drug-likeness (QED) is 0.677. The molecular formula is C12H18FNO2. The minimum absolute atomic E-state index is 0.0837. The first-order valence-corrected chi connectivity index (χ1v) is 5.26. The molecule has 3 nitrogen and oxygen atoms in total. The number of aliphatic hydroxyl groups excluding tert-OH is 2. The molecule has 0 saturated heterocycles. The molecule has 0 spiro atoms. The molecule has 4 heteroatoms. The van der Waals surface area contributed by atoms with E-state index in [1.54, 1.807) is 13.0 Å². The number of nitrogens with one attached hydrogen (secondary N) is 1. The Bertz CT molecular complexity index is 327. The van der Waals surface area contributed by atoms with E-state index < -0.39 is 5.41 Å². The van der Waals surface area contributed by atoms with Crippen LogP contribution in [0.1, 0.15) is 12.5 Å². The summed E-state index contributed by atoms with van der Waals surface area (Å²) in [5.74, 6) is -0.258. The van der Waals surface area contributed by atoms with Gasteiger partial charge in [-0.3, -0.25) is 0 Å². The maximum Gasteiger partial charge on any atom is 0.123 e. The van der Waals surface area contributed by atoms with Gasteiger partial charge >= 0.3 is 0 Å². The number of halogens is 1. The van der Waals surface area contributed by atoms with Crippen LogP contribution in [0.15, 0.2) is 24.3 Å². The minimum atomic E-state index is -0.534. The molecule has 1 aromatic rings. The summed E-state index contributed by atoms with van der Waals surface area (Å²) < 4.78 is 12.9. The zero-order valence-corrected chi connectivity index (χ0v) is 9.41. The molecule has 0 saturated carbocycles. The summed E-state index contributed by atoms with van der Waals surface area (Å²) in [7, 11) is 0. The zero-order valence-electron chi connectivity index (χ0n) is 9.41. The third kappa shape index (κ3) is 3.89. The molecule has 0 aliphatic heterocycles. The largest absolute Gasteiger partial charge is 0.396 e. The molecule has 0 aliphatic rings. The van der Waals surface area contributed by atoms with E-state index in [-0.39, 0.29) is 19.0 Å². The Morgan fingerprint density at radius 3 is 2.56 bits per heavy atom. The molecule has 0 aliphatic carbocycles. The van der Waals surface area contributed by atoms with Crippen molar-refractivity contribution >= 4 is 0 Å². The predicted octanol–water partition coefficient (Wildman–Crippen LogP) is 0.906. The third-order valence-electron chi connectivity index (χ3n) is 2.53. The second-order valence-electron chi connectivity index (χ2n) is 4.36. The fourth-order valence-corrected chi connectivity index (χ4v) is 1.32. The highest BCUT2D eigenvalue weighted by atomic mass is 19.1. The molecule has 1 aromatic carbocycles. The van der Waals surface area contributed by atoms with Gasteiger partial charge in [0.25, 0.3) is 0 Å².